The van der Waals surface area contributed by atoms with Crippen molar-refractivity contribution in [3.05, 3.63) is 76.6 Å². The number of carboxylic acids is 1. The zero-order chi connectivity index (χ0) is 28.4. The highest BCUT2D eigenvalue weighted by atomic mass is 32.2. The Kier molecular flexibility index (Phi) is 8.58. The molecule has 1 aromatic heterocycles. The standard InChI is InChI=1S/C29H38N4O5S/c1-6-13-32-18-25(30-31-32)19-38-27(29(4,5)28(34)35)23-12-11-21(3)24(15-23)17-33-16-20(2)14-22-9-7-8-10-26(22)39(33,36)37/h7-12,15,18,20,27H,6,13-14,16-17,19H2,1-5H3,(H,34,35)/t20-,27?/m0/s1. The number of fused-ring (bicyclic) bond motifs is 1. The van der Waals surface area contributed by atoms with Gasteiger partial charge in [-0.05, 0) is 67.9 Å². The second kappa shape index (κ2) is 11.6. The van der Waals surface area contributed by atoms with Gasteiger partial charge in [-0.2, -0.15) is 4.31 Å². The van der Waals surface area contributed by atoms with E-state index in [0.717, 1.165) is 29.7 Å². The van der Waals surface area contributed by atoms with Crippen LogP contribution in [-0.2, 0) is 45.7 Å². The number of carbonyl (C=O) groups is 1. The molecular formula is C29H38N4O5S. The quantitative estimate of drug-likeness (QED) is 0.385. The fourth-order valence-electron chi connectivity index (χ4n) is 5.06. The first kappa shape index (κ1) is 28.9. The molecule has 0 aliphatic carbocycles. The molecule has 0 amide bonds. The van der Waals surface area contributed by atoms with Crippen LogP contribution in [0.1, 0.15) is 68.2 Å². The Morgan fingerprint density at radius 2 is 1.97 bits per heavy atom. The average molecular weight is 555 g/mol. The third-order valence-electron chi connectivity index (χ3n) is 7.34. The lowest BCUT2D eigenvalue weighted by atomic mass is 9.81. The van der Waals surface area contributed by atoms with Gasteiger partial charge in [0, 0.05) is 19.6 Å². The van der Waals surface area contributed by atoms with E-state index < -0.39 is 27.5 Å². The lowest BCUT2D eigenvalue weighted by molar-refractivity contribution is -0.158. The van der Waals surface area contributed by atoms with E-state index in [-0.39, 0.29) is 19.1 Å². The van der Waals surface area contributed by atoms with Crippen LogP contribution in [0.2, 0.25) is 0 Å². The highest BCUT2D eigenvalue weighted by Gasteiger charge is 2.40. The number of aliphatic carboxylic acids is 1. The summed E-state index contributed by atoms with van der Waals surface area (Å²) in [5.41, 5.74) is 2.61. The van der Waals surface area contributed by atoms with Crippen LogP contribution in [0.15, 0.2) is 53.6 Å². The number of aryl methyl sites for hydroxylation is 2. The molecule has 1 aliphatic heterocycles. The van der Waals surface area contributed by atoms with E-state index in [1.807, 2.05) is 37.3 Å². The summed E-state index contributed by atoms with van der Waals surface area (Å²) in [5.74, 6) is -0.847. The smallest absolute Gasteiger partial charge is 0.312 e. The van der Waals surface area contributed by atoms with Crippen molar-refractivity contribution in [3.63, 3.8) is 0 Å². The van der Waals surface area contributed by atoms with Crippen molar-refractivity contribution in [2.45, 2.75) is 78.2 Å². The van der Waals surface area contributed by atoms with Gasteiger partial charge in [0.15, 0.2) is 0 Å². The molecule has 0 fully saturated rings. The maximum Gasteiger partial charge on any atom is 0.312 e. The Morgan fingerprint density at radius 3 is 2.69 bits per heavy atom. The van der Waals surface area contributed by atoms with Gasteiger partial charge in [-0.3, -0.25) is 9.48 Å². The summed E-state index contributed by atoms with van der Waals surface area (Å²) < 4.78 is 36.8. The number of aromatic nitrogens is 3. The summed E-state index contributed by atoms with van der Waals surface area (Å²) in [7, 11) is -3.70. The van der Waals surface area contributed by atoms with Crippen LogP contribution < -0.4 is 0 Å². The Balaban J connectivity index is 1.65. The van der Waals surface area contributed by atoms with Gasteiger partial charge in [0.05, 0.1) is 29.2 Å². The number of rotatable bonds is 10. The summed E-state index contributed by atoms with van der Waals surface area (Å²) in [4.78, 5) is 12.6. The van der Waals surface area contributed by atoms with Gasteiger partial charge < -0.3 is 9.84 Å². The molecule has 9 nitrogen and oxygen atoms in total. The Hall–Kier alpha value is -3.08. The molecule has 0 saturated carbocycles. The summed E-state index contributed by atoms with van der Waals surface area (Å²) in [6, 6.07) is 12.8. The summed E-state index contributed by atoms with van der Waals surface area (Å²) in [6.07, 6.45) is 2.61. The average Bonchev–Trinajstić information content (AvgIpc) is 3.29. The monoisotopic (exact) mass is 554 g/mol. The fourth-order valence-corrected chi connectivity index (χ4v) is 6.83. The Morgan fingerprint density at radius 1 is 1.23 bits per heavy atom. The molecule has 2 heterocycles. The molecule has 210 valence electrons. The molecule has 39 heavy (non-hydrogen) atoms. The predicted octanol–water partition coefficient (Wildman–Crippen LogP) is 4.75. The molecule has 4 rings (SSSR count). The van der Waals surface area contributed by atoms with Crippen molar-refractivity contribution in [2.24, 2.45) is 11.3 Å². The zero-order valence-electron chi connectivity index (χ0n) is 23.3. The SMILES string of the molecule is CCCn1cc(COC(c2ccc(C)c(CN3C[C@@H](C)Cc4ccccc4S3(=O)=O)c2)C(C)(C)C(=O)O)nn1. The molecule has 0 spiro atoms. The summed E-state index contributed by atoms with van der Waals surface area (Å²) in [5, 5.41) is 18.3. The second-order valence-corrected chi connectivity index (χ2v) is 13.0. The van der Waals surface area contributed by atoms with Crippen LogP contribution in [0.25, 0.3) is 0 Å². The van der Waals surface area contributed by atoms with Crippen LogP contribution in [0.5, 0.6) is 0 Å². The van der Waals surface area contributed by atoms with E-state index in [1.54, 1.807) is 41.2 Å². The lowest BCUT2D eigenvalue weighted by Gasteiger charge is -2.31. The number of nitrogens with zero attached hydrogens (tertiary/aromatic N) is 4. The van der Waals surface area contributed by atoms with Crippen molar-refractivity contribution >= 4 is 16.0 Å². The van der Waals surface area contributed by atoms with Gasteiger partial charge >= 0.3 is 5.97 Å². The fraction of sp³-hybridized carbons (Fsp3) is 0.483. The van der Waals surface area contributed by atoms with Crippen molar-refractivity contribution in [1.82, 2.24) is 19.3 Å². The number of hydrogen-bond donors (Lipinski definition) is 1. The van der Waals surface area contributed by atoms with Crippen LogP contribution in [-0.4, -0.2) is 45.3 Å². The van der Waals surface area contributed by atoms with Gasteiger partial charge in [-0.1, -0.05) is 55.5 Å². The van der Waals surface area contributed by atoms with E-state index in [9.17, 15) is 18.3 Å². The van der Waals surface area contributed by atoms with Crippen molar-refractivity contribution in [3.8, 4) is 0 Å². The molecule has 2 atom stereocenters. The zero-order valence-corrected chi connectivity index (χ0v) is 24.1. The van der Waals surface area contributed by atoms with Crippen molar-refractivity contribution in [1.29, 1.82) is 0 Å². The molecule has 10 heteroatoms. The summed E-state index contributed by atoms with van der Waals surface area (Å²) >= 11 is 0. The number of carboxylic acid groups (broad SMARTS) is 1. The minimum atomic E-state index is -3.70. The predicted molar refractivity (Wildman–Crippen MR) is 147 cm³/mol. The number of benzene rings is 2. The highest BCUT2D eigenvalue weighted by Crippen LogP contribution is 2.39. The molecule has 1 N–H and O–H groups in total. The number of ether oxygens (including phenoxy) is 1. The first-order chi connectivity index (χ1) is 18.4. The number of sulfonamides is 1. The lowest BCUT2D eigenvalue weighted by Crippen LogP contribution is -2.34. The largest absolute Gasteiger partial charge is 0.481 e. The van der Waals surface area contributed by atoms with E-state index >= 15 is 0 Å². The third-order valence-corrected chi connectivity index (χ3v) is 9.25. The molecule has 0 radical (unpaired) electrons. The molecule has 0 bridgehead atoms. The van der Waals surface area contributed by atoms with Crippen LogP contribution in [0, 0.1) is 18.3 Å². The van der Waals surface area contributed by atoms with Crippen molar-refractivity contribution < 1.29 is 23.1 Å². The summed E-state index contributed by atoms with van der Waals surface area (Å²) in [6.45, 7) is 10.7. The molecule has 3 aromatic rings. The minimum Gasteiger partial charge on any atom is -0.481 e. The van der Waals surface area contributed by atoms with Gasteiger partial charge in [0.1, 0.15) is 5.69 Å². The molecule has 1 unspecified atom stereocenters. The maximum absolute atomic E-state index is 13.7. The Bertz CT molecular complexity index is 1430. The number of hydrogen-bond acceptors (Lipinski definition) is 6. The first-order valence-corrected chi connectivity index (χ1v) is 14.8. The molecular weight excluding hydrogens is 516 g/mol. The van der Waals surface area contributed by atoms with Gasteiger partial charge in [-0.15, -0.1) is 5.10 Å². The maximum atomic E-state index is 13.7. The third kappa shape index (κ3) is 6.23. The van der Waals surface area contributed by atoms with Crippen LogP contribution >= 0.6 is 0 Å². The normalized spacial score (nSPS) is 18.3. The van der Waals surface area contributed by atoms with Gasteiger partial charge in [0.2, 0.25) is 10.0 Å². The van der Waals surface area contributed by atoms with E-state index in [1.165, 1.54) is 0 Å². The first-order valence-electron chi connectivity index (χ1n) is 13.3. The van der Waals surface area contributed by atoms with Crippen molar-refractivity contribution in [2.75, 3.05) is 6.54 Å². The minimum absolute atomic E-state index is 0.100. The van der Waals surface area contributed by atoms with Gasteiger partial charge in [0.25, 0.3) is 0 Å². The van der Waals surface area contributed by atoms with E-state index in [2.05, 4.69) is 24.2 Å². The van der Waals surface area contributed by atoms with Gasteiger partial charge in [-0.25, -0.2) is 8.42 Å². The molecule has 2 aromatic carbocycles. The molecule has 1 aliphatic rings. The van der Waals surface area contributed by atoms with E-state index in [0.29, 0.717) is 29.1 Å². The topological polar surface area (TPSA) is 115 Å². The van der Waals surface area contributed by atoms with Crippen LogP contribution in [0.3, 0.4) is 0 Å². The second-order valence-electron chi connectivity index (χ2n) is 11.1. The Labute approximate surface area is 230 Å². The van der Waals surface area contributed by atoms with Crippen LogP contribution in [0.4, 0.5) is 0 Å². The highest BCUT2D eigenvalue weighted by molar-refractivity contribution is 7.89. The van der Waals surface area contributed by atoms with E-state index in [4.69, 9.17) is 4.74 Å². The molecule has 0 saturated heterocycles.